The van der Waals surface area contributed by atoms with E-state index >= 15 is 4.39 Å². The van der Waals surface area contributed by atoms with E-state index in [1.54, 1.807) is 60.9 Å². The van der Waals surface area contributed by atoms with Crippen molar-refractivity contribution >= 4 is 56.9 Å². The van der Waals surface area contributed by atoms with Crippen LogP contribution in [0.2, 0.25) is 0 Å². The first-order valence-corrected chi connectivity index (χ1v) is 23.4. The van der Waals surface area contributed by atoms with E-state index in [4.69, 9.17) is 28.9 Å². The third-order valence-electron chi connectivity index (χ3n) is 12.0. The number of rotatable bonds is 12. The molecule has 16 nitrogen and oxygen atoms in total. The van der Waals surface area contributed by atoms with Gasteiger partial charge in [-0.25, -0.2) is 28.3 Å². The first kappa shape index (κ1) is 49.2. The van der Waals surface area contributed by atoms with Crippen LogP contribution in [0.5, 0.6) is 23.0 Å². The van der Waals surface area contributed by atoms with Crippen LogP contribution in [0.4, 0.5) is 54.3 Å². The van der Waals surface area contributed by atoms with Crippen molar-refractivity contribution in [3.05, 3.63) is 168 Å². The molecule has 0 spiro atoms. The Kier molecular flexibility index (Phi) is 14.5. The number of ether oxygens (including phenoxy) is 4. The van der Waals surface area contributed by atoms with Crippen molar-refractivity contribution in [2.45, 2.75) is 19.3 Å². The fraction of sp³-hybridized carbons (Fsp3) is 0.208. The number of aromatic nitrogens is 4. The number of morpholine rings is 2. The van der Waals surface area contributed by atoms with Gasteiger partial charge in [-0.3, -0.25) is 19.8 Å². The Hall–Kier alpha value is -8.37. The lowest BCUT2D eigenvalue weighted by Crippen LogP contribution is -2.54. The molecule has 0 saturated carbocycles. The Morgan fingerprint density at radius 1 is 0.527 bits per heavy atom. The van der Waals surface area contributed by atoms with E-state index < -0.39 is 35.4 Å². The molecule has 0 aliphatic carbocycles. The van der Waals surface area contributed by atoms with E-state index in [1.807, 2.05) is 0 Å². The summed E-state index contributed by atoms with van der Waals surface area (Å²) < 4.78 is 93.3. The summed E-state index contributed by atoms with van der Waals surface area (Å²) in [6.45, 7) is 6.99. The average Bonchev–Trinajstić information content (AvgIpc) is 3.40. The molecule has 74 heavy (non-hydrogen) atoms. The SMILES string of the molecule is O=C(Nc1ccc(C(F)(F)F)cc1)N(c1ccc(Oc2ccc3ncc(CN4CCOCC4)nc3c2)cc1)N(C(=O)Nc1ccc(Oc2ccc3ncc(CN4CCOCC4)nc3c2)cc1)c1ccc(F)c(F)c1. The molecule has 378 valence electrons. The highest BCUT2D eigenvalue weighted by molar-refractivity contribution is 6.13. The second kappa shape index (κ2) is 21.8. The summed E-state index contributed by atoms with van der Waals surface area (Å²) in [5.74, 6) is -0.989. The van der Waals surface area contributed by atoms with Gasteiger partial charge in [0.1, 0.15) is 23.0 Å². The minimum atomic E-state index is -4.66. The van der Waals surface area contributed by atoms with Crippen LogP contribution >= 0.6 is 0 Å². The molecule has 0 bridgehead atoms. The zero-order valence-corrected chi connectivity index (χ0v) is 39.3. The van der Waals surface area contributed by atoms with Gasteiger partial charge in [-0.05, 0) is 109 Å². The van der Waals surface area contributed by atoms with Crippen LogP contribution < -0.4 is 30.1 Å². The van der Waals surface area contributed by atoms with Crippen molar-refractivity contribution in [2.75, 3.05) is 73.3 Å². The van der Waals surface area contributed by atoms with Crippen molar-refractivity contribution in [2.24, 2.45) is 0 Å². The Labute approximate surface area is 419 Å². The molecule has 4 amide bonds. The molecule has 10 rings (SSSR count). The number of hydrogen-bond acceptors (Lipinski definition) is 12. The largest absolute Gasteiger partial charge is 0.457 e. The molecular formula is C53H45F5N10O6. The number of halogens is 5. The topological polar surface area (TPSA) is 160 Å². The standard InChI is InChI=1S/C53H45F5N10O6/c54-45-16-9-40(27-46(45)55)68(52(70)64-36-5-10-41(11-6-36)73-43-14-17-47-49(28-43)61-37(30-59-47)32-65-19-23-71-24-20-65)67(51(69)63-35-3-1-34(2-4-35)53(56,57)58)39-7-12-42(13-8-39)74-44-15-18-48-50(29-44)62-38(31-60-48)33-66-21-25-72-26-22-66/h1-18,27-31H,19-26,32-33H2,(H,63,69)(H,64,70). The van der Waals surface area contributed by atoms with Crippen LogP contribution in [0, 0.1) is 11.6 Å². The summed E-state index contributed by atoms with van der Waals surface area (Å²) in [7, 11) is 0. The molecule has 2 aliphatic heterocycles. The zero-order valence-electron chi connectivity index (χ0n) is 39.3. The van der Waals surface area contributed by atoms with Gasteiger partial charge in [0.2, 0.25) is 0 Å². The van der Waals surface area contributed by atoms with Crippen molar-refractivity contribution in [3.63, 3.8) is 0 Å². The number of hydrazine groups is 1. The fourth-order valence-electron chi connectivity index (χ4n) is 8.21. The Bertz CT molecular complexity index is 3290. The van der Waals surface area contributed by atoms with Crippen molar-refractivity contribution in [1.29, 1.82) is 0 Å². The molecule has 0 atom stereocenters. The third-order valence-corrected chi connectivity index (χ3v) is 12.0. The van der Waals surface area contributed by atoms with Gasteiger partial charge in [0.25, 0.3) is 0 Å². The van der Waals surface area contributed by atoms with Crippen molar-refractivity contribution in [1.82, 2.24) is 29.7 Å². The predicted octanol–water partition coefficient (Wildman–Crippen LogP) is 10.8. The van der Waals surface area contributed by atoms with Crippen LogP contribution in [0.1, 0.15) is 17.0 Å². The van der Waals surface area contributed by atoms with Gasteiger partial charge >= 0.3 is 18.2 Å². The lowest BCUT2D eigenvalue weighted by molar-refractivity contribution is -0.137. The van der Waals surface area contributed by atoms with Gasteiger partial charge in [0.05, 0.1) is 89.2 Å². The third kappa shape index (κ3) is 11.9. The number of carbonyl (C=O) groups is 2. The van der Waals surface area contributed by atoms with Gasteiger partial charge in [0.15, 0.2) is 11.6 Å². The van der Waals surface area contributed by atoms with Crippen LogP contribution in [0.25, 0.3) is 22.1 Å². The summed E-state index contributed by atoms with van der Waals surface area (Å²) in [6, 6.07) is 26.7. The van der Waals surface area contributed by atoms with E-state index in [0.29, 0.717) is 84.6 Å². The number of carbonyl (C=O) groups excluding carboxylic acids is 2. The van der Waals surface area contributed by atoms with Gasteiger partial charge in [-0.15, -0.1) is 0 Å². The second-order valence-electron chi connectivity index (χ2n) is 17.2. The van der Waals surface area contributed by atoms with E-state index in [2.05, 4.69) is 30.4 Å². The quantitative estimate of drug-likeness (QED) is 0.0882. The number of hydrogen-bond donors (Lipinski definition) is 2. The fourth-order valence-corrected chi connectivity index (χ4v) is 8.21. The maximum Gasteiger partial charge on any atom is 0.416 e. The monoisotopic (exact) mass is 1010 g/mol. The normalized spacial score (nSPS) is 14.4. The zero-order chi connectivity index (χ0) is 51.2. The number of amides is 4. The molecule has 2 fully saturated rings. The summed E-state index contributed by atoms with van der Waals surface area (Å²) >= 11 is 0. The average molecular weight is 1010 g/mol. The Morgan fingerprint density at radius 2 is 0.959 bits per heavy atom. The van der Waals surface area contributed by atoms with Crippen LogP contribution in [0.3, 0.4) is 0 Å². The lowest BCUT2D eigenvalue weighted by atomic mass is 10.2. The first-order valence-electron chi connectivity index (χ1n) is 23.4. The van der Waals surface area contributed by atoms with Crippen LogP contribution in [-0.4, -0.2) is 94.4 Å². The van der Waals surface area contributed by atoms with Gasteiger partial charge < -0.3 is 29.6 Å². The molecule has 2 saturated heterocycles. The highest BCUT2D eigenvalue weighted by Gasteiger charge is 2.33. The summed E-state index contributed by atoms with van der Waals surface area (Å²) in [4.78, 5) is 52.3. The Morgan fingerprint density at radius 3 is 1.43 bits per heavy atom. The maximum atomic E-state index is 15.1. The van der Waals surface area contributed by atoms with E-state index in [0.717, 1.165) is 90.0 Å². The predicted molar refractivity (Wildman–Crippen MR) is 265 cm³/mol. The number of urea groups is 2. The number of anilines is 4. The molecule has 6 aromatic carbocycles. The van der Waals surface area contributed by atoms with Crippen molar-refractivity contribution < 1.29 is 50.5 Å². The molecule has 4 heterocycles. The van der Waals surface area contributed by atoms with E-state index in [9.17, 15) is 27.2 Å². The highest BCUT2D eigenvalue weighted by atomic mass is 19.4. The summed E-state index contributed by atoms with van der Waals surface area (Å²) in [5, 5.41) is 6.80. The molecule has 8 aromatic rings. The second-order valence-corrected chi connectivity index (χ2v) is 17.2. The molecule has 0 unspecified atom stereocenters. The minimum absolute atomic E-state index is 0.00387. The summed E-state index contributed by atoms with van der Waals surface area (Å²) in [5.41, 5.74) is 3.00. The van der Waals surface area contributed by atoms with E-state index in [1.165, 1.54) is 36.4 Å². The van der Waals surface area contributed by atoms with Crippen molar-refractivity contribution in [3.8, 4) is 23.0 Å². The number of benzene rings is 6. The number of alkyl halides is 3. The maximum absolute atomic E-state index is 15.1. The number of nitrogens with one attached hydrogen (secondary N) is 2. The molecule has 2 aromatic heterocycles. The molecule has 21 heteroatoms. The lowest BCUT2D eigenvalue weighted by Gasteiger charge is -2.34. The minimum Gasteiger partial charge on any atom is -0.457 e. The molecule has 2 N–H and O–H groups in total. The van der Waals surface area contributed by atoms with Gasteiger partial charge in [0, 0.05) is 68.8 Å². The highest BCUT2D eigenvalue weighted by Crippen LogP contribution is 2.33. The number of fused-ring (bicyclic) bond motifs is 2. The van der Waals surface area contributed by atoms with Gasteiger partial charge in [-0.2, -0.15) is 23.2 Å². The molecule has 0 radical (unpaired) electrons. The Balaban J connectivity index is 0.912. The first-order chi connectivity index (χ1) is 35.9. The summed E-state index contributed by atoms with van der Waals surface area (Å²) in [6.07, 6.45) is -1.17. The van der Waals surface area contributed by atoms with E-state index in [-0.39, 0.29) is 22.7 Å². The smallest absolute Gasteiger partial charge is 0.416 e. The van der Waals surface area contributed by atoms with Crippen LogP contribution in [-0.2, 0) is 28.7 Å². The molecule has 2 aliphatic rings. The van der Waals surface area contributed by atoms with Gasteiger partial charge in [-0.1, -0.05) is 0 Å². The number of nitrogens with zero attached hydrogens (tertiary/aromatic N) is 8. The molecular weight excluding hydrogens is 968 g/mol. The van der Waals surface area contributed by atoms with Crippen LogP contribution in [0.15, 0.2) is 140 Å².